The molecule has 4 aliphatic heterocycles. The highest BCUT2D eigenvalue weighted by Gasteiger charge is 2.70. The van der Waals surface area contributed by atoms with Gasteiger partial charge in [0, 0.05) is 19.0 Å². The van der Waals surface area contributed by atoms with Crippen molar-refractivity contribution < 1.29 is 44.3 Å². The number of hydrogen-bond acceptors (Lipinski definition) is 12. The molecule has 190 valence electrons. The monoisotopic (exact) mass is 544 g/mol. The molecule has 1 spiro atoms. The molecule has 1 unspecified atom stereocenters. The third kappa shape index (κ3) is 3.38. The van der Waals surface area contributed by atoms with Crippen LogP contribution in [0.25, 0.3) is 0 Å². The van der Waals surface area contributed by atoms with Crippen LogP contribution in [0.15, 0.2) is 24.3 Å². The SMILES string of the molecule is COc1ccc(C2SSS[C@@]34C[C@]5(O)[C@H](O)C=C[C@@H](O)[C@@H]5ON3C(=O)[C@@H]2N(C)C4=O)c(O)c1OC. The number of phenols is 1. The van der Waals surface area contributed by atoms with Crippen LogP contribution in [0, 0.1) is 0 Å². The molecule has 4 N–H and O–H groups in total. The first-order chi connectivity index (χ1) is 16.6. The summed E-state index contributed by atoms with van der Waals surface area (Å²) in [6.45, 7) is 0. The van der Waals surface area contributed by atoms with Gasteiger partial charge in [-0.1, -0.05) is 29.0 Å². The molecule has 1 aromatic carbocycles. The number of aromatic hydroxyl groups is 1. The average Bonchev–Trinajstić information content (AvgIpc) is 2.83. The number of rotatable bonds is 3. The highest BCUT2D eigenvalue weighted by Crippen LogP contribution is 2.63. The molecule has 1 aliphatic carbocycles. The lowest BCUT2D eigenvalue weighted by atomic mass is 9.75. The first-order valence-electron chi connectivity index (χ1n) is 10.6. The number of aliphatic hydroxyl groups is 3. The number of amides is 2. The number of methoxy groups -OCH3 is 2. The van der Waals surface area contributed by atoms with Gasteiger partial charge in [0.25, 0.3) is 11.8 Å². The second-order valence-corrected chi connectivity index (χ2v) is 13.1. The van der Waals surface area contributed by atoms with Gasteiger partial charge >= 0.3 is 0 Å². The zero-order valence-electron chi connectivity index (χ0n) is 18.9. The van der Waals surface area contributed by atoms with E-state index in [2.05, 4.69) is 0 Å². The van der Waals surface area contributed by atoms with Crippen molar-refractivity contribution in [3.05, 3.63) is 29.8 Å². The van der Waals surface area contributed by atoms with Crippen LogP contribution in [0.5, 0.6) is 17.2 Å². The van der Waals surface area contributed by atoms with Crippen molar-refractivity contribution in [1.82, 2.24) is 9.96 Å². The van der Waals surface area contributed by atoms with Crippen LogP contribution in [-0.4, -0.2) is 98.3 Å². The number of hydroxylamine groups is 2. The minimum Gasteiger partial charge on any atom is -0.504 e. The number of likely N-dealkylation sites (N-methyl/N-ethyl adjacent to an activating group) is 1. The van der Waals surface area contributed by atoms with Crippen LogP contribution in [0.4, 0.5) is 0 Å². The summed E-state index contributed by atoms with van der Waals surface area (Å²) in [5.41, 5.74) is -1.63. The van der Waals surface area contributed by atoms with Gasteiger partial charge in [-0.05, 0) is 26.7 Å². The lowest BCUT2D eigenvalue weighted by molar-refractivity contribution is -0.329. The quantitative estimate of drug-likeness (QED) is 0.312. The fourth-order valence-electron chi connectivity index (χ4n) is 5.02. The van der Waals surface area contributed by atoms with Crippen molar-refractivity contribution in [1.29, 1.82) is 0 Å². The number of nitrogens with zero attached hydrogens (tertiary/aromatic N) is 2. The van der Waals surface area contributed by atoms with Crippen LogP contribution in [0.3, 0.4) is 0 Å². The minimum absolute atomic E-state index is 0.0993. The molecule has 5 aliphatic rings. The third-order valence-electron chi connectivity index (χ3n) is 6.86. The maximum Gasteiger partial charge on any atom is 0.272 e. The van der Waals surface area contributed by atoms with Crippen molar-refractivity contribution in [2.45, 2.75) is 46.5 Å². The molecule has 0 saturated carbocycles. The molecule has 4 heterocycles. The number of benzene rings is 1. The van der Waals surface area contributed by atoms with Crippen molar-refractivity contribution in [3.63, 3.8) is 0 Å². The Bertz CT molecular complexity index is 1110. The zero-order valence-corrected chi connectivity index (χ0v) is 21.3. The predicted molar refractivity (Wildman–Crippen MR) is 128 cm³/mol. The molecule has 0 radical (unpaired) electrons. The Kier molecular flexibility index (Phi) is 6.14. The van der Waals surface area contributed by atoms with Crippen molar-refractivity contribution in [2.24, 2.45) is 0 Å². The number of fused-ring (bicyclic) bond motifs is 5. The second kappa shape index (κ2) is 8.64. The first-order valence-corrected chi connectivity index (χ1v) is 14.1. The standard InChI is InChI=1S/C21H24N2O9S3/c1-22-13-16(9-4-6-11(30-2)15(31-3)14(9)26)33-35-34-21(19(22)28)8-20(29)12(25)7-5-10(24)17(20)32-23(21)18(13)27/h4-7,10,12-13,16-17,24-26,29H,8H2,1-3H3/t10-,12-,13-,16?,17+,20+,21-/m1/s1. The van der Waals surface area contributed by atoms with Gasteiger partial charge in [0.05, 0.1) is 19.5 Å². The summed E-state index contributed by atoms with van der Waals surface area (Å²) in [5.74, 6) is -0.896. The third-order valence-corrected chi connectivity index (χ3v) is 11.7. The molecule has 6 rings (SSSR count). The number of carbonyl (C=O) groups is 2. The summed E-state index contributed by atoms with van der Waals surface area (Å²) in [6, 6.07) is 2.13. The van der Waals surface area contributed by atoms with E-state index in [-0.39, 0.29) is 17.9 Å². The largest absolute Gasteiger partial charge is 0.504 e. The summed E-state index contributed by atoms with van der Waals surface area (Å²) in [5, 5.41) is 43.5. The molecule has 2 bridgehead atoms. The molecule has 4 fully saturated rings. The highest BCUT2D eigenvalue weighted by atomic mass is 33.5. The van der Waals surface area contributed by atoms with Gasteiger partial charge in [-0.2, -0.15) is 5.06 Å². The van der Waals surface area contributed by atoms with Crippen LogP contribution >= 0.6 is 31.4 Å². The lowest BCUT2D eigenvalue weighted by Crippen LogP contribution is -2.78. The highest BCUT2D eigenvalue weighted by molar-refractivity contribution is 9.09. The van der Waals surface area contributed by atoms with Crippen LogP contribution in [0.2, 0.25) is 0 Å². The molecule has 14 heteroatoms. The maximum atomic E-state index is 13.9. The van der Waals surface area contributed by atoms with Gasteiger partial charge in [-0.25, -0.2) is 0 Å². The van der Waals surface area contributed by atoms with E-state index < -0.39 is 51.9 Å². The molecule has 2 amide bonds. The molecule has 7 atom stereocenters. The van der Waals surface area contributed by atoms with Gasteiger partial charge < -0.3 is 34.8 Å². The van der Waals surface area contributed by atoms with Gasteiger partial charge in [0.15, 0.2) is 11.5 Å². The van der Waals surface area contributed by atoms with E-state index >= 15 is 0 Å². The number of carbonyl (C=O) groups excluding carboxylic acids is 2. The molecular formula is C21H24N2O9S3. The Balaban J connectivity index is 1.60. The number of phenolic OH excluding ortho intramolecular Hbond substituents is 1. The topological polar surface area (TPSA) is 149 Å². The fraction of sp³-hybridized carbons (Fsp3) is 0.524. The van der Waals surface area contributed by atoms with E-state index in [4.69, 9.17) is 14.3 Å². The Morgan fingerprint density at radius 1 is 1.17 bits per heavy atom. The van der Waals surface area contributed by atoms with E-state index in [0.29, 0.717) is 11.3 Å². The first kappa shape index (κ1) is 24.9. The van der Waals surface area contributed by atoms with Crippen molar-refractivity contribution in [2.75, 3.05) is 21.3 Å². The van der Waals surface area contributed by atoms with Gasteiger partial charge in [0.1, 0.15) is 30.0 Å². The van der Waals surface area contributed by atoms with Crippen LogP contribution in [-0.2, 0) is 14.4 Å². The predicted octanol–water partition coefficient (Wildman–Crippen LogP) is 0.586. The number of hydrogen-bond donors (Lipinski definition) is 4. The molecule has 11 nitrogen and oxygen atoms in total. The fourth-order valence-corrected chi connectivity index (χ4v) is 10.7. The number of ether oxygens (including phenoxy) is 2. The Hall–Kier alpha value is -1.81. The Morgan fingerprint density at radius 2 is 1.91 bits per heavy atom. The smallest absolute Gasteiger partial charge is 0.272 e. The average molecular weight is 545 g/mol. The molecule has 4 saturated heterocycles. The summed E-state index contributed by atoms with van der Waals surface area (Å²) in [7, 11) is 7.79. The minimum atomic E-state index is -1.99. The summed E-state index contributed by atoms with van der Waals surface area (Å²) in [6.07, 6.45) is -1.88. The Morgan fingerprint density at radius 3 is 2.60 bits per heavy atom. The van der Waals surface area contributed by atoms with Gasteiger partial charge in [0.2, 0.25) is 10.6 Å². The van der Waals surface area contributed by atoms with E-state index in [1.54, 1.807) is 12.1 Å². The molecule has 1 aromatic rings. The molecule has 35 heavy (non-hydrogen) atoms. The van der Waals surface area contributed by atoms with Crippen LogP contribution in [0.1, 0.15) is 17.2 Å². The van der Waals surface area contributed by atoms with Gasteiger partial charge in [-0.15, -0.1) is 0 Å². The van der Waals surface area contributed by atoms with Gasteiger partial charge in [-0.3, -0.25) is 14.4 Å². The van der Waals surface area contributed by atoms with E-state index in [9.17, 15) is 30.0 Å². The maximum absolute atomic E-state index is 13.9. The normalized spacial score (nSPS) is 38.5. The van der Waals surface area contributed by atoms with Crippen molar-refractivity contribution >= 4 is 43.2 Å². The lowest BCUT2D eigenvalue weighted by Gasteiger charge is -2.60. The van der Waals surface area contributed by atoms with E-state index in [0.717, 1.165) is 15.9 Å². The second-order valence-electron chi connectivity index (χ2n) is 8.70. The Labute approximate surface area is 212 Å². The zero-order chi connectivity index (χ0) is 25.3. The molecular weight excluding hydrogens is 520 g/mol. The summed E-state index contributed by atoms with van der Waals surface area (Å²) >= 11 is 0. The van der Waals surface area contributed by atoms with Crippen LogP contribution < -0.4 is 9.47 Å². The number of piperazine rings is 1. The van der Waals surface area contributed by atoms with E-state index in [1.165, 1.54) is 58.9 Å². The summed E-state index contributed by atoms with van der Waals surface area (Å²) < 4.78 is 10.5. The van der Waals surface area contributed by atoms with Crippen molar-refractivity contribution in [3.8, 4) is 17.2 Å². The summed E-state index contributed by atoms with van der Waals surface area (Å²) in [4.78, 5) is 33.1. The number of aliphatic hydroxyl groups excluding tert-OH is 2. The molecule has 0 aromatic heterocycles. The van der Waals surface area contributed by atoms with E-state index in [1.807, 2.05) is 0 Å².